The maximum absolute atomic E-state index is 12.7. The lowest BCUT2D eigenvalue weighted by Gasteiger charge is -2.43. The van der Waals surface area contributed by atoms with E-state index >= 15 is 0 Å². The number of hydrogen-bond donors (Lipinski definition) is 3. The van der Waals surface area contributed by atoms with Crippen LogP contribution in [0.5, 0.6) is 11.5 Å². The van der Waals surface area contributed by atoms with Crippen molar-refractivity contribution in [2.45, 2.75) is 19.4 Å². The summed E-state index contributed by atoms with van der Waals surface area (Å²) in [7, 11) is 0. The Bertz CT molecular complexity index is 1060. The second-order valence-corrected chi connectivity index (χ2v) is 7.54. The Hall–Kier alpha value is -3.79. The molecular weight excluding hydrogens is 378 g/mol. The number of nitriles is 1. The van der Waals surface area contributed by atoms with E-state index in [0.717, 1.165) is 17.7 Å². The summed E-state index contributed by atoms with van der Waals surface area (Å²) in [4.78, 5) is 12.7. The van der Waals surface area contributed by atoms with Gasteiger partial charge in [-0.05, 0) is 48.6 Å². The van der Waals surface area contributed by atoms with E-state index < -0.39 is 0 Å². The van der Waals surface area contributed by atoms with Crippen molar-refractivity contribution < 1.29 is 9.53 Å². The van der Waals surface area contributed by atoms with Gasteiger partial charge in [-0.25, -0.2) is 0 Å². The SMILES string of the molecule is C[C@H]1C[C@H](CNC#N)[C@@H]1NC(=O)c1cc(-c2ccccc2Oc2ccccc2)[nH]n1. The highest BCUT2D eigenvalue weighted by Gasteiger charge is 2.39. The van der Waals surface area contributed by atoms with Crippen LogP contribution in [0.2, 0.25) is 0 Å². The van der Waals surface area contributed by atoms with Gasteiger partial charge in [0.15, 0.2) is 11.9 Å². The molecule has 1 aliphatic carbocycles. The zero-order valence-corrected chi connectivity index (χ0v) is 16.6. The fourth-order valence-electron chi connectivity index (χ4n) is 3.88. The summed E-state index contributed by atoms with van der Waals surface area (Å²) in [6.45, 7) is 2.67. The fourth-order valence-corrected chi connectivity index (χ4v) is 3.88. The van der Waals surface area contributed by atoms with Crippen molar-refractivity contribution in [3.05, 3.63) is 66.4 Å². The van der Waals surface area contributed by atoms with Gasteiger partial charge in [0.05, 0.1) is 5.69 Å². The molecule has 3 N–H and O–H groups in total. The first-order chi connectivity index (χ1) is 14.7. The molecule has 7 heteroatoms. The number of nitrogens with one attached hydrogen (secondary N) is 3. The number of ether oxygens (including phenoxy) is 1. The number of amides is 1. The second-order valence-electron chi connectivity index (χ2n) is 7.54. The molecule has 0 spiro atoms. The average molecular weight is 401 g/mol. The van der Waals surface area contributed by atoms with Crippen LogP contribution in [0.3, 0.4) is 0 Å². The monoisotopic (exact) mass is 401 g/mol. The quantitative estimate of drug-likeness (QED) is 0.414. The van der Waals surface area contributed by atoms with Gasteiger partial charge in [0, 0.05) is 18.2 Å². The predicted octanol–water partition coefficient (Wildman–Crippen LogP) is 3.69. The first kappa shape index (κ1) is 19.5. The number of benzene rings is 2. The Balaban J connectivity index is 1.48. The molecule has 1 aromatic heterocycles. The van der Waals surface area contributed by atoms with Crippen molar-refractivity contribution in [1.82, 2.24) is 20.8 Å². The Morgan fingerprint density at radius 1 is 1.23 bits per heavy atom. The standard InChI is InChI=1S/C23H23N5O2/c1-15-11-16(13-25-14-24)22(15)26-23(29)20-12-19(27-28-20)18-9-5-6-10-21(18)30-17-7-3-2-4-8-17/h2-10,12,15-16,22,25H,11,13H2,1H3,(H,26,29)(H,27,28)/t15-,16+,22+/m0/s1. The van der Waals surface area contributed by atoms with Crippen molar-refractivity contribution in [2.75, 3.05) is 6.54 Å². The third kappa shape index (κ3) is 4.13. The molecule has 1 fully saturated rings. The Labute approximate surface area is 175 Å². The van der Waals surface area contributed by atoms with Crippen molar-refractivity contribution in [1.29, 1.82) is 5.26 Å². The number of H-pyrrole nitrogens is 1. The van der Waals surface area contributed by atoms with E-state index in [-0.39, 0.29) is 17.9 Å². The predicted molar refractivity (Wildman–Crippen MR) is 113 cm³/mol. The van der Waals surface area contributed by atoms with Gasteiger partial charge in [-0.1, -0.05) is 37.3 Å². The molecule has 0 unspecified atom stereocenters. The summed E-state index contributed by atoms with van der Waals surface area (Å²) in [5, 5.41) is 21.6. The topological polar surface area (TPSA) is 103 Å². The van der Waals surface area contributed by atoms with Crippen LogP contribution in [0.25, 0.3) is 11.3 Å². The van der Waals surface area contributed by atoms with E-state index in [0.29, 0.717) is 29.6 Å². The Morgan fingerprint density at radius 2 is 2.00 bits per heavy atom. The molecule has 152 valence electrons. The van der Waals surface area contributed by atoms with E-state index in [9.17, 15) is 4.79 Å². The number of rotatable bonds is 7. The van der Waals surface area contributed by atoms with Gasteiger partial charge < -0.3 is 15.4 Å². The molecule has 30 heavy (non-hydrogen) atoms. The first-order valence-corrected chi connectivity index (χ1v) is 9.96. The van der Waals surface area contributed by atoms with Gasteiger partial charge in [-0.2, -0.15) is 10.4 Å². The lowest BCUT2D eigenvalue weighted by atomic mass is 9.70. The van der Waals surface area contributed by atoms with Crippen molar-refractivity contribution in [2.24, 2.45) is 11.8 Å². The van der Waals surface area contributed by atoms with Crippen molar-refractivity contribution >= 4 is 5.91 Å². The summed E-state index contributed by atoms with van der Waals surface area (Å²) < 4.78 is 6.01. The molecular formula is C23H23N5O2. The number of hydrogen-bond acceptors (Lipinski definition) is 5. The first-order valence-electron chi connectivity index (χ1n) is 9.96. The largest absolute Gasteiger partial charge is 0.457 e. The third-order valence-corrected chi connectivity index (χ3v) is 5.50. The molecule has 1 saturated carbocycles. The molecule has 2 aromatic carbocycles. The van der Waals surface area contributed by atoms with Crippen LogP contribution < -0.4 is 15.4 Å². The maximum atomic E-state index is 12.7. The summed E-state index contributed by atoms with van der Waals surface area (Å²) in [6, 6.07) is 18.9. The minimum atomic E-state index is -0.225. The summed E-state index contributed by atoms with van der Waals surface area (Å²) in [5.74, 6) is 1.81. The van der Waals surface area contributed by atoms with Crippen LogP contribution in [0.4, 0.5) is 0 Å². The molecule has 7 nitrogen and oxygen atoms in total. The average Bonchev–Trinajstić information content (AvgIpc) is 3.26. The summed E-state index contributed by atoms with van der Waals surface area (Å²) in [5.41, 5.74) is 1.85. The molecule has 1 aliphatic rings. The molecule has 0 bridgehead atoms. The molecule has 1 heterocycles. The van der Waals surface area contributed by atoms with E-state index in [1.807, 2.05) is 60.8 Å². The van der Waals surface area contributed by atoms with E-state index in [1.165, 1.54) is 0 Å². The number of carbonyl (C=O) groups is 1. The van der Waals surface area contributed by atoms with Gasteiger partial charge in [-0.15, -0.1) is 0 Å². The fraction of sp³-hybridized carbons (Fsp3) is 0.261. The highest BCUT2D eigenvalue weighted by molar-refractivity contribution is 5.93. The van der Waals surface area contributed by atoms with Crippen molar-refractivity contribution in [3.8, 4) is 28.9 Å². The number of carbonyl (C=O) groups excluding carboxylic acids is 1. The normalized spacial score (nSPS) is 19.9. The minimum Gasteiger partial charge on any atom is -0.457 e. The lowest BCUT2D eigenvalue weighted by molar-refractivity contribution is 0.0769. The van der Waals surface area contributed by atoms with E-state index in [4.69, 9.17) is 10.00 Å². The van der Waals surface area contributed by atoms with E-state index in [1.54, 1.807) is 6.07 Å². The van der Waals surface area contributed by atoms with Gasteiger partial charge in [0.25, 0.3) is 5.91 Å². The highest BCUT2D eigenvalue weighted by Crippen LogP contribution is 2.34. The van der Waals surface area contributed by atoms with Crippen LogP contribution >= 0.6 is 0 Å². The number of aromatic nitrogens is 2. The molecule has 3 aromatic rings. The minimum absolute atomic E-state index is 0.0344. The smallest absolute Gasteiger partial charge is 0.272 e. The van der Waals surface area contributed by atoms with Gasteiger partial charge >= 0.3 is 0 Å². The van der Waals surface area contributed by atoms with Gasteiger partial charge in [0.2, 0.25) is 0 Å². The Morgan fingerprint density at radius 3 is 2.77 bits per heavy atom. The van der Waals surface area contributed by atoms with Crippen LogP contribution in [0.1, 0.15) is 23.8 Å². The number of nitrogens with zero attached hydrogens (tertiary/aromatic N) is 2. The third-order valence-electron chi connectivity index (χ3n) is 5.50. The molecule has 4 rings (SSSR count). The zero-order chi connectivity index (χ0) is 20.9. The molecule has 0 aliphatic heterocycles. The molecule has 1 amide bonds. The van der Waals surface area contributed by atoms with Crippen LogP contribution in [0.15, 0.2) is 60.7 Å². The lowest BCUT2D eigenvalue weighted by Crippen LogP contribution is -2.55. The van der Waals surface area contributed by atoms with Crippen LogP contribution in [0, 0.1) is 23.3 Å². The molecule has 0 radical (unpaired) electrons. The molecule has 3 atom stereocenters. The number of para-hydroxylation sites is 2. The van der Waals surface area contributed by atoms with Crippen LogP contribution in [-0.4, -0.2) is 28.7 Å². The van der Waals surface area contributed by atoms with Crippen molar-refractivity contribution in [3.63, 3.8) is 0 Å². The van der Waals surface area contributed by atoms with Gasteiger partial charge in [-0.3, -0.25) is 9.89 Å². The van der Waals surface area contributed by atoms with Crippen LogP contribution in [-0.2, 0) is 0 Å². The highest BCUT2D eigenvalue weighted by atomic mass is 16.5. The van der Waals surface area contributed by atoms with E-state index in [2.05, 4.69) is 27.8 Å². The Kier molecular flexibility index (Phi) is 5.66. The van der Waals surface area contributed by atoms with Gasteiger partial charge in [0.1, 0.15) is 11.5 Å². The maximum Gasteiger partial charge on any atom is 0.272 e. The second kappa shape index (κ2) is 8.70. The summed E-state index contributed by atoms with van der Waals surface area (Å²) >= 11 is 0. The summed E-state index contributed by atoms with van der Waals surface area (Å²) in [6.07, 6.45) is 2.92. The molecule has 0 saturated heterocycles. The zero-order valence-electron chi connectivity index (χ0n) is 16.6. The number of aromatic amines is 1.